The quantitative estimate of drug-likeness (QED) is 0.860. The zero-order valence-corrected chi connectivity index (χ0v) is 11.4. The number of nitrogens with zero attached hydrogens (tertiary/aromatic N) is 1. The molecule has 0 aliphatic carbocycles. The molecule has 0 N–H and O–H groups in total. The maximum absolute atomic E-state index is 12.6. The zero-order valence-electron chi connectivity index (χ0n) is 11.4. The molecule has 4 heteroatoms. The molecule has 0 saturated carbocycles. The van der Waals surface area contributed by atoms with Crippen molar-refractivity contribution in [2.24, 2.45) is 0 Å². The molecule has 2 aromatic carbocycles. The van der Waals surface area contributed by atoms with Crippen LogP contribution in [0, 0.1) is 0 Å². The number of methoxy groups -OCH3 is 2. The van der Waals surface area contributed by atoms with Crippen molar-refractivity contribution < 1.29 is 14.3 Å². The number of carbonyl (C=O) groups is 1. The first-order valence-corrected chi connectivity index (χ1v) is 6.37. The van der Waals surface area contributed by atoms with Crippen LogP contribution in [0.3, 0.4) is 0 Å². The number of para-hydroxylation sites is 1. The summed E-state index contributed by atoms with van der Waals surface area (Å²) >= 11 is 0. The lowest BCUT2D eigenvalue weighted by Gasteiger charge is -2.15. The molecule has 102 valence electrons. The van der Waals surface area contributed by atoms with Crippen LogP contribution in [0.2, 0.25) is 0 Å². The number of fused-ring (bicyclic) bond motifs is 1. The average Bonchev–Trinajstić information content (AvgIpc) is 2.84. The van der Waals surface area contributed by atoms with Crippen molar-refractivity contribution in [2.45, 2.75) is 6.54 Å². The maximum atomic E-state index is 12.6. The van der Waals surface area contributed by atoms with Crippen molar-refractivity contribution in [2.75, 3.05) is 19.1 Å². The van der Waals surface area contributed by atoms with Gasteiger partial charge in [-0.05, 0) is 23.8 Å². The number of rotatable bonds is 3. The Labute approximate surface area is 117 Å². The summed E-state index contributed by atoms with van der Waals surface area (Å²) in [6, 6.07) is 13.4. The van der Waals surface area contributed by atoms with E-state index in [2.05, 4.69) is 0 Å². The summed E-state index contributed by atoms with van der Waals surface area (Å²) in [7, 11) is 3.12. The lowest BCUT2D eigenvalue weighted by molar-refractivity contribution is 0.0993. The third-order valence-electron chi connectivity index (χ3n) is 3.49. The van der Waals surface area contributed by atoms with E-state index >= 15 is 0 Å². The Morgan fingerprint density at radius 1 is 1.00 bits per heavy atom. The smallest absolute Gasteiger partial charge is 0.262 e. The molecule has 1 heterocycles. The van der Waals surface area contributed by atoms with Gasteiger partial charge in [-0.25, -0.2) is 0 Å². The van der Waals surface area contributed by atoms with Gasteiger partial charge in [0.25, 0.3) is 5.91 Å². The van der Waals surface area contributed by atoms with Crippen molar-refractivity contribution in [3.05, 3.63) is 53.6 Å². The van der Waals surface area contributed by atoms with Crippen molar-refractivity contribution in [1.29, 1.82) is 0 Å². The highest BCUT2D eigenvalue weighted by molar-refractivity contribution is 6.12. The first-order chi connectivity index (χ1) is 9.76. The molecule has 4 nitrogen and oxygen atoms in total. The van der Waals surface area contributed by atoms with Gasteiger partial charge in [0.1, 0.15) is 0 Å². The topological polar surface area (TPSA) is 38.8 Å². The van der Waals surface area contributed by atoms with Gasteiger partial charge >= 0.3 is 0 Å². The van der Waals surface area contributed by atoms with Crippen LogP contribution < -0.4 is 14.4 Å². The van der Waals surface area contributed by atoms with Gasteiger partial charge in [0, 0.05) is 5.69 Å². The Balaban J connectivity index is 2.07. The molecule has 0 fully saturated rings. The van der Waals surface area contributed by atoms with Gasteiger partial charge in [0.2, 0.25) is 0 Å². The van der Waals surface area contributed by atoms with Gasteiger partial charge in [-0.1, -0.05) is 24.3 Å². The first kappa shape index (κ1) is 12.5. The van der Waals surface area contributed by atoms with E-state index in [1.807, 2.05) is 42.5 Å². The van der Waals surface area contributed by atoms with Gasteiger partial charge in [-0.3, -0.25) is 4.79 Å². The Morgan fingerprint density at radius 3 is 2.40 bits per heavy atom. The molecule has 0 spiro atoms. The molecule has 0 saturated heterocycles. The molecule has 0 aromatic heterocycles. The van der Waals surface area contributed by atoms with Gasteiger partial charge in [0.15, 0.2) is 11.5 Å². The predicted octanol–water partition coefficient (Wildman–Crippen LogP) is 2.86. The monoisotopic (exact) mass is 269 g/mol. The average molecular weight is 269 g/mol. The lowest BCUT2D eigenvalue weighted by atomic mass is 10.1. The minimum Gasteiger partial charge on any atom is -0.493 e. The van der Waals surface area contributed by atoms with Gasteiger partial charge in [0.05, 0.1) is 26.3 Å². The summed E-state index contributed by atoms with van der Waals surface area (Å²) in [5.41, 5.74) is 2.43. The number of amides is 1. The van der Waals surface area contributed by atoms with Crippen LogP contribution in [-0.4, -0.2) is 20.1 Å². The molecule has 20 heavy (non-hydrogen) atoms. The summed E-state index contributed by atoms with van der Waals surface area (Å²) in [6.45, 7) is 0.554. The fourth-order valence-corrected chi connectivity index (χ4v) is 2.53. The van der Waals surface area contributed by atoms with Crippen molar-refractivity contribution in [1.82, 2.24) is 0 Å². The second-order valence-corrected chi connectivity index (χ2v) is 4.56. The molecule has 3 rings (SSSR count). The van der Waals surface area contributed by atoms with E-state index in [0.717, 1.165) is 11.3 Å². The number of carbonyl (C=O) groups excluding carboxylic acids is 1. The molecule has 0 atom stereocenters. The van der Waals surface area contributed by atoms with Crippen LogP contribution in [0.5, 0.6) is 11.5 Å². The Morgan fingerprint density at radius 2 is 1.75 bits per heavy atom. The first-order valence-electron chi connectivity index (χ1n) is 6.37. The normalized spacial score (nSPS) is 13.3. The van der Waals surface area contributed by atoms with Crippen LogP contribution in [0.4, 0.5) is 5.69 Å². The third-order valence-corrected chi connectivity index (χ3v) is 3.49. The molecule has 1 aliphatic heterocycles. The number of hydrogen-bond acceptors (Lipinski definition) is 3. The second kappa shape index (κ2) is 4.89. The molecular formula is C16H15NO3. The highest BCUT2D eigenvalue weighted by atomic mass is 16.5. The van der Waals surface area contributed by atoms with Crippen LogP contribution in [0.25, 0.3) is 0 Å². The van der Waals surface area contributed by atoms with Crippen LogP contribution in [-0.2, 0) is 6.54 Å². The van der Waals surface area contributed by atoms with Crippen LogP contribution in [0.1, 0.15) is 15.9 Å². The molecule has 1 aliphatic rings. The summed E-state index contributed by atoms with van der Waals surface area (Å²) < 4.78 is 10.6. The summed E-state index contributed by atoms with van der Waals surface area (Å²) in [5.74, 6) is 1.03. The summed E-state index contributed by atoms with van der Waals surface area (Å²) in [4.78, 5) is 14.4. The third kappa shape index (κ3) is 1.81. The minimum absolute atomic E-state index is 0.0537. The van der Waals surface area contributed by atoms with Crippen LogP contribution in [0.15, 0.2) is 42.5 Å². The Kier molecular flexibility index (Phi) is 3.06. The highest BCUT2D eigenvalue weighted by Crippen LogP contribution is 2.39. The summed E-state index contributed by atoms with van der Waals surface area (Å²) in [5, 5.41) is 0. The molecular weight excluding hydrogens is 254 g/mol. The van der Waals surface area contributed by atoms with E-state index in [9.17, 15) is 4.79 Å². The molecule has 0 unspecified atom stereocenters. The zero-order chi connectivity index (χ0) is 14.1. The Bertz CT molecular complexity index is 652. The molecule has 0 radical (unpaired) electrons. The van der Waals surface area contributed by atoms with Crippen molar-refractivity contribution >= 4 is 11.6 Å². The van der Waals surface area contributed by atoms with Crippen molar-refractivity contribution in [3.8, 4) is 11.5 Å². The van der Waals surface area contributed by atoms with E-state index in [4.69, 9.17) is 9.47 Å². The fourth-order valence-electron chi connectivity index (χ4n) is 2.53. The lowest BCUT2D eigenvalue weighted by Crippen LogP contribution is -2.23. The van der Waals surface area contributed by atoms with E-state index in [-0.39, 0.29) is 5.91 Å². The number of hydrogen-bond donors (Lipinski definition) is 0. The summed E-state index contributed by atoms with van der Waals surface area (Å²) in [6.07, 6.45) is 0. The molecule has 2 aromatic rings. The number of benzene rings is 2. The SMILES string of the molecule is COc1ccc2c(c1OC)C(=O)N(c1ccccc1)C2. The second-order valence-electron chi connectivity index (χ2n) is 4.56. The number of anilines is 1. The fraction of sp³-hybridized carbons (Fsp3) is 0.188. The maximum Gasteiger partial charge on any atom is 0.262 e. The minimum atomic E-state index is -0.0537. The molecule has 0 bridgehead atoms. The van der Waals surface area contributed by atoms with Crippen molar-refractivity contribution in [3.63, 3.8) is 0 Å². The van der Waals surface area contributed by atoms with E-state index < -0.39 is 0 Å². The van der Waals surface area contributed by atoms with Crippen LogP contribution >= 0.6 is 0 Å². The Hall–Kier alpha value is -2.49. The highest BCUT2D eigenvalue weighted by Gasteiger charge is 2.33. The molecule has 1 amide bonds. The van der Waals surface area contributed by atoms with Gasteiger partial charge in [-0.15, -0.1) is 0 Å². The standard InChI is InChI=1S/C16H15NO3/c1-19-13-9-8-11-10-17(12-6-4-3-5-7-12)16(18)14(11)15(13)20-2/h3-9H,10H2,1-2H3. The van der Waals surface area contributed by atoms with E-state index in [1.165, 1.54) is 0 Å². The number of ether oxygens (including phenoxy) is 2. The predicted molar refractivity (Wildman–Crippen MR) is 76.5 cm³/mol. The van der Waals surface area contributed by atoms with Gasteiger partial charge < -0.3 is 14.4 Å². The van der Waals surface area contributed by atoms with E-state index in [1.54, 1.807) is 19.1 Å². The largest absolute Gasteiger partial charge is 0.493 e. The van der Waals surface area contributed by atoms with E-state index in [0.29, 0.717) is 23.6 Å². The van der Waals surface area contributed by atoms with Gasteiger partial charge in [-0.2, -0.15) is 0 Å².